The lowest BCUT2D eigenvalue weighted by Crippen LogP contribution is -2.47. The summed E-state index contributed by atoms with van der Waals surface area (Å²) in [7, 11) is 1.79. The number of piperidine rings is 1. The number of rotatable bonds is 2. The Morgan fingerprint density at radius 1 is 1.09 bits per heavy atom. The molecule has 1 aliphatic rings. The maximum atomic E-state index is 5.40. The second kappa shape index (κ2) is 3.55. The lowest BCUT2D eigenvalue weighted by atomic mass is 10.1. The number of methoxy groups -OCH3 is 1. The van der Waals surface area contributed by atoms with Gasteiger partial charge in [-0.15, -0.1) is 0 Å². The van der Waals surface area contributed by atoms with Crippen molar-refractivity contribution in [2.75, 3.05) is 20.2 Å². The SMILES string of the molecule is COC(C)(C)N1CCCCC1. The second-order valence-electron chi connectivity index (χ2n) is 3.70. The Kier molecular flexibility index (Phi) is 2.90. The fraction of sp³-hybridized carbons (Fsp3) is 1.00. The average Bonchev–Trinajstić information content (AvgIpc) is 2.06. The van der Waals surface area contributed by atoms with Crippen LogP contribution in [-0.2, 0) is 4.74 Å². The summed E-state index contributed by atoms with van der Waals surface area (Å²) in [6.45, 7) is 6.66. The first-order valence-corrected chi connectivity index (χ1v) is 4.47. The quantitative estimate of drug-likeness (QED) is 0.606. The van der Waals surface area contributed by atoms with Crippen LogP contribution in [0.15, 0.2) is 0 Å². The minimum absolute atomic E-state index is 0.0551. The highest BCUT2D eigenvalue weighted by molar-refractivity contribution is 4.74. The molecule has 11 heavy (non-hydrogen) atoms. The summed E-state index contributed by atoms with van der Waals surface area (Å²) in [4.78, 5) is 2.41. The van der Waals surface area contributed by atoms with Gasteiger partial charge in [0.2, 0.25) is 0 Å². The van der Waals surface area contributed by atoms with E-state index in [1.54, 1.807) is 7.11 Å². The van der Waals surface area contributed by atoms with E-state index in [9.17, 15) is 0 Å². The van der Waals surface area contributed by atoms with Crippen molar-refractivity contribution in [3.05, 3.63) is 0 Å². The van der Waals surface area contributed by atoms with Crippen molar-refractivity contribution < 1.29 is 4.74 Å². The number of nitrogens with zero attached hydrogens (tertiary/aromatic N) is 1. The Morgan fingerprint density at radius 2 is 1.64 bits per heavy atom. The summed E-state index contributed by atoms with van der Waals surface area (Å²) < 4.78 is 5.40. The third kappa shape index (κ3) is 2.17. The van der Waals surface area contributed by atoms with E-state index in [1.807, 2.05) is 0 Å². The van der Waals surface area contributed by atoms with Gasteiger partial charge in [-0.1, -0.05) is 6.42 Å². The van der Waals surface area contributed by atoms with E-state index in [2.05, 4.69) is 18.7 Å². The number of likely N-dealkylation sites (tertiary alicyclic amines) is 1. The molecule has 0 unspecified atom stereocenters. The standard InChI is InChI=1S/C9H19NO/c1-9(2,11-3)10-7-5-4-6-8-10/h4-8H2,1-3H3. The number of ether oxygens (including phenoxy) is 1. The van der Waals surface area contributed by atoms with Crippen LogP contribution in [0.25, 0.3) is 0 Å². The van der Waals surface area contributed by atoms with E-state index in [4.69, 9.17) is 4.74 Å². The summed E-state index contributed by atoms with van der Waals surface area (Å²) in [6.07, 6.45) is 4.04. The molecule has 0 atom stereocenters. The molecule has 0 spiro atoms. The number of hydrogen-bond donors (Lipinski definition) is 0. The molecule has 66 valence electrons. The molecule has 0 aromatic heterocycles. The first-order valence-electron chi connectivity index (χ1n) is 4.47. The van der Waals surface area contributed by atoms with Crippen molar-refractivity contribution in [1.29, 1.82) is 0 Å². The van der Waals surface area contributed by atoms with Crippen molar-refractivity contribution in [1.82, 2.24) is 4.90 Å². The molecule has 0 aromatic rings. The third-order valence-corrected chi connectivity index (χ3v) is 2.62. The van der Waals surface area contributed by atoms with Gasteiger partial charge in [0.25, 0.3) is 0 Å². The molecule has 1 fully saturated rings. The lowest BCUT2D eigenvalue weighted by molar-refractivity contribution is -0.115. The lowest BCUT2D eigenvalue weighted by Gasteiger charge is -2.39. The maximum Gasteiger partial charge on any atom is 0.115 e. The van der Waals surface area contributed by atoms with Gasteiger partial charge < -0.3 is 4.74 Å². The molecule has 1 saturated heterocycles. The van der Waals surface area contributed by atoms with Crippen LogP contribution in [0.3, 0.4) is 0 Å². The molecule has 0 saturated carbocycles. The van der Waals surface area contributed by atoms with Crippen molar-refractivity contribution in [2.45, 2.75) is 38.8 Å². The fourth-order valence-corrected chi connectivity index (χ4v) is 1.56. The Hall–Kier alpha value is -0.0800. The molecule has 0 aliphatic carbocycles. The van der Waals surface area contributed by atoms with Crippen LogP contribution < -0.4 is 0 Å². The fourth-order valence-electron chi connectivity index (χ4n) is 1.56. The Balaban J connectivity index is 2.43. The van der Waals surface area contributed by atoms with Crippen LogP contribution in [0.1, 0.15) is 33.1 Å². The highest BCUT2D eigenvalue weighted by Gasteiger charge is 2.26. The summed E-state index contributed by atoms with van der Waals surface area (Å²) >= 11 is 0. The van der Waals surface area contributed by atoms with Gasteiger partial charge in [-0.3, -0.25) is 4.90 Å². The zero-order chi connectivity index (χ0) is 8.32. The van der Waals surface area contributed by atoms with Crippen LogP contribution in [0.4, 0.5) is 0 Å². The monoisotopic (exact) mass is 157 g/mol. The van der Waals surface area contributed by atoms with Crippen LogP contribution >= 0.6 is 0 Å². The Morgan fingerprint density at radius 3 is 2.09 bits per heavy atom. The molecule has 2 heteroatoms. The van der Waals surface area contributed by atoms with Gasteiger partial charge in [0, 0.05) is 20.2 Å². The van der Waals surface area contributed by atoms with E-state index in [0.29, 0.717) is 0 Å². The van der Waals surface area contributed by atoms with Crippen molar-refractivity contribution >= 4 is 0 Å². The van der Waals surface area contributed by atoms with Crippen LogP contribution in [0.2, 0.25) is 0 Å². The third-order valence-electron chi connectivity index (χ3n) is 2.62. The van der Waals surface area contributed by atoms with Gasteiger partial charge in [-0.25, -0.2) is 0 Å². The number of hydrogen-bond acceptors (Lipinski definition) is 2. The van der Waals surface area contributed by atoms with Crippen molar-refractivity contribution in [3.8, 4) is 0 Å². The predicted octanol–water partition coefficient (Wildman–Crippen LogP) is 1.85. The van der Waals surface area contributed by atoms with Gasteiger partial charge in [0.15, 0.2) is 0 Å². The second-order valence-corrected chi connectivity index (χ2v) is 3.70. The smallest absolute Gasteiger partial charge is 0.115 e. The summed E-state index contributed by atoms with van der Waals surface area (Å²) in [5, 5.41) is 0. The highest BCUT2D eigenvalue weighted by atomic mass is 16.5. The Bertz CT molecular complexity index is 117. The molecule has 0 radical (unpaired) electrons. The van der Waals surface area contributed by atoms with Crippen LogP contribution in [0, 0.1) is 0 Å². The van der Waals surface area contributed by atoms with Crippen LogP contribution in [0.5, 0.6) is 0 Å². The van der Waals surface area contributed by atoms with Gasteiger partial charge in [-0.05, 0) is 26.7 Å². The van der Waals surface area contributed by atoms with Gasteiger partial charge in [0.05, 0.1) is 0 Å². The molecule has 1 aliphatic heterocycles. The normalized spacial score (nSPS) is 22.1. The van der Waals surface area contributed by atoms with Crippen molar-refractivity contribution in [2.24, 2.45) is 0 Å². The maximum absolute atomic E-state index is 5.40. The molecule has 1 heterocycles. The highest BCUT2D eigenvalue weighted by Crippen LogP contribution is 2.20. The van der Waals surface area contributed by atoms with Crippen LogP contribution in [-0.4, -0.2) is 30.8 Å². The molecule has 2 nitrogen and oxygen atoms in total. The zero-order valence-electron chi connectivity index (χ0n) is 7.89. The van der Waals surface area contributed by atoms with Gasteiger partial charge in [-0.2, -0.15) is 0 Å². The minimum atomic E-state index is -0.0551. The zero-order valence-corrected chi connectivity index (χ0v) is 7.89. The first kappa shape index (κ1) is 9.01. The Labute approximate surface area is 69.5 Å². The molecule has 0 bridgehead atoms. The first-order chi connectivity index (χ1) is 5.17. The molecule has 0 N–H and O–H groups in total. The van der Waals surface area contributed by atoms with Gasteiger partial charge >= 0.3 is 0 Å². The molecular formula is C9H19NO. The van der Waals surface area contributed by atoms with E-state index in [-0.39, 0.29) is 5.72 Å². The van der Waals surface area contributed by atoms with E-state index >= 15 is 0 Å². The predicted molar refractivity (Wildman–Crippen MR) is 46.5 cm³/mol. The molecular weight excluding hydrogens is 138 g/mol. The van der Waals surface area contributed by atoms with Crippen molar-refractivity contribution in [3.63, 3.8) is 0 Å². The molecule has 0 amide bonds. The minimum Gasteiger partial charge on any atom is -0.364 e. The average molecular weight is 157 g/mol. The summed E-state index contributed by atoms with van der Waals surface area (Å²) in [6, 6.07) is 0. The summed E-state index contributed by atoms with van der Waals surface area (Å²) in [5.41, 5.74) is -0.0551. The molecule has 1 rings (SSSR count). The van der Waals surface area contributed by atoms with E-state index < -0.39 is 0 Å². The van der Waals surface area contributed by atoms with E-state index in [0.717, 1.165) is 0 Å². The largest absolute Gasteiger partial charge is 0.364 e. The summed E-state index contributed by atoms with van der Waals surface area (Å²) in [5.74, 6) is 0. The molecule has 0 aromatic carbocycles. The topological polar surface area (TPSA) is 12.5 Å². The van der Waals surface area contributed by atoms with E-state index in [1.165, 1.54) is 32.4 Å². The van der Waals surface area contributed by atoms with Gasteiger partial charge in [0.1, 0.15) is 5.72 Å².